The average molecular weight is 435 g/mol. The maximum Gasteiger partial charge on any atom is 0.139 e. The van der Waals surface area contributed by atoms with Crippen LogP contribution in [0.4, 0.5) is 34.1 Å². The molecule has 33 heavy (non-hydrogen) atoms. The van der Waals surface area contributed by atoms with Crippen molar-refractivity contribution in [2.45, 2.75) is 17.7 Å². The van der Waals surface area contributed by atoms with E-state index in [1.165, 1.54) is 0 Å². The van der Waals surface area contributed by atoms with Gasteiger partial charge in [-0.25, -0.2) is 0 Å². The summed E-state index contributed by atoms with van der Waals surface area (Å²) in [5, 5.41) is 15.1. The SMILES string of the molecule is Nc1ccc(C2(CC3(c4ccc(N)cc4)Nc4ccccc4N3)Nc3ccccc3N2)cc1. The van der Waals surface area contributed by atoms with Gasteiger partial charge in [-0.2, -0.15) is 0 Å². The Kier molecular flexibility index (Phi) is 4.17. The highest BCUT2D eigenvalue weighted by Gasteiger charge is 2.49. The molecule has 0 atom stereocenters. The normalized spacial score (nSPS) is 16.5. The van der Waals surface area contributed by atoms with E-state index in [9.17, 15) is 0 Å². The zero-order chi connectivity index (χ0) is 22.5. The van der Waals surface area contributed by atoms with Crippen molar-refractivity contribution in [2.75, 3.05) is 32.7 Å². The fraction of sp³-hybridized carbons (Fsp3) is 0.111. The summed E-state index contributed by atoms with van der Waals surface area (Å²) in [6.45, 7) is 0. The lowest BCUT2D eigenvalue weighted by Gasteiger charge is -2.41. The molecule has 0 saturated heterocycles. The number of benzene rings is 4. The molecule has 0 unspecified atom stereocenters. The quantitative estimate of drug-likeness (QED) is 0.243. The van der Waals surface area contributed by atoms with Gasteiger partial charge in [0.15, 0.2) is 0 Å². The van der Waals surface area contributed by atoms with Crippen LogP contribution in [0, 0.1) is 0 Å². The van der Waals surface area contributed by atoms with Crippen LogP contribution in [0.1, 0.15) is 17.5 Å². The second-order valence-electron chi connectivity index (χ2n) is 8.82. The molecule has 0 bridgehead atoms. The molecular weight excluding hydrogens is 408 g/mol. The Morgan fingerprint density at radius 2 is 0.758 bits per heavy atom. The predicted octanol–water partition coefficient (Wildman–Crippen LogP) is 5.32. The average Bonchev–Trinajstić information content (AvgIpc) is 3.38. The largest absolute Gasteiger partial charge is 0.399 e. The number of nitrogens with one attached hydrogen (secondary N) is 4. The van der Waals surface area contributed by atoms with Crippen molar-refractivity contribution in [1.29, 1.82) is 0 Å². The van der Waals surface area contributed by atoms with E-state index < -0.39 is 11.3 Å². The van der Waals surface area contributed by atoms with Gasteiger partial charge in [-0.15, -0.1) is 0 Å². The Bertz CT molecular complexity index is 1160. The summed E-state index contributed by atoms with van der Waals surface area (Å²) in [6.07, 6.45) is 0.650. The van der Waals surface area contributed by atoms with Crippen LogP contribution < -0.4 is 32.7 Å². The lowest BCUT2D eigenvalue weighted by atomic mass is 9.84. The second-order valence-corrected chi connectivity index (χ2v) is 8.82. The van der Waals surface area contributed by atoms with Crippen LogP contribution in [-0.4, -0.2) is 0 Å². The third-order valence-corrected chi connectivity index (χ3v) is 6.58. The van der Waals surface area contributed by atoms with Crippen molar-refractivity contribution in [3.8, 4) is 0 Å². The molecule has 0 amide bonds. The van der Waals surface area contributed by atoms with Crippen molar-refractivity contribution in [3.63, 3.8) is 0 Å². The minimum absolute atomic E-state index is 0.583. The van der Waals surface area contributed by atoms with Crippen LogP contribution in [0.5, 0.6) is 0 Å². The molecule has 0 aromatic heterocycles. The molecule has 6 rings (SSSR count). The van der Waals surface area contributed by atoms with Crippen molar-refractivity contribution in [2.24, 2.45) is 0 Å². The Morgan fingerprint density at radius 1 is 0.455 bits per heavy atom. The zero-order valence-corrected chi connectivity index (χ0v) is 18.1. The van der Waals surface area contributed by atoms with E-state index in [4.69, 9.17) is 11.5 Å². The van der Waals surface area contributed by atoms with Crippen LogP contribution in [0.25, 0.3) is 0 Å². The summed E-state index contributed by atoms with van der Waals surface area (Å²) < 4.78 is 0. The molecule has 4 aromatic carbocycles. The van der Waals surface area contributed by atoms with Crippen molar-refractivity contribution in [3.05, 3.63) is 108 Å². The zero-order valence-electron chi connectivity index (χ0n) is 18.1. The lowest BCUT2D eigenvalue weighted by molar-refractivity contribution is 0.400. The first-order valence-electron chi connectivity index (χ1n) is 11.1. The van der Waals surface area contributed by atoms with Gasteiger partial charge in [0.2, 0.25) is 0 Å². The Balaban J connectivity index is 1.49. The van der Waals surface area contributed by atoms with E-state index in [0.717, 1.165) is 45.3 Å². The number of nitrogen functional groups attached to an aromatic ring is 2. The summed E-state index contributed by atoms with van der Waals surface area (Å²) >= 11 is 0. The number of para-hydroxylation sites is 4. The van der Waals surface area contributed by atoms with E-state index in [2.05, 4.69) is 69.8 Å². The molecule has 0 aliphatic carbocycles. The summed E-state index contributed by atoms with van der Waals surface area (Å²) in [7, 11) is 0. The van der Waals surface area contributed by atoms with Crippen LogP contribution in [0.2, 0.25) is 0 Å². The van der Waals surface area contributed by atoms with Gasteiger partial charge in [-0.1, -0.05) is 48.5 Å². The van der Waals surface area contributed by atoms with Gasteiger partial charge in [0.05, 0.1) is 22.7 Å². The Morgan fingerprint density at radius 3 is 1.06 bits per heavy atom. The summed E-state index contributed by atoms with van der Waals surface area (Å²) in [6, 6.07) is 32.7. The lowest BCUT2D eigenvalue weighted by Crippen LogP contribution is -2.51. The van der Waals surface area contributed by atoms with Crippen LogP contribution in [0.3, 0.4) is 0 Å². The molecule has 0 radical (unpaired) electrons. The van der Waals surface area contributed by atoms with Gasteiger partial charge in [-0.3, -0.25) is 0 Å². The second kappa shape index (κ2) is 7.10. The third-order valence-electron chi connectivity index (χ3n) is 6.58. The molecule has 2 heterocycles. The van der Waals surface area contributed by atoms with E-state index >= 15 is 0 Å². The molecular formula is C27H26N6. The highest BCUT2D eigenvalue weighted by Crippen LogP contribution is 2.50. The van der Waals surface area contributed by atoms with Crippen molar-refractivity contribution in [1.82, 2.24) is 0 Å². The smallest absolute Gasteiger partial charge is 0.139 e. The molecule has 0 saturated carbocycles. The Labute approximate surface area is 193 Å². The van der Waals surface area contributed by atoms with Crippen LogP contribution >= 0.6 is 0 Å². The highest BCUT2D eigenvalue weighted by molar-refractivity contribution is 5.80. The fourth-order valence-electron chi connectivity index (χ4n) is 4.99. The summed E-state index contributed by atoms with van der Waals surface area (Å²) in [5.41, 5.74) is 18.8. The van der Waals surface area contributed by atoms with Crippen molar-refractivity contribution >= 4 is 34.1 Å². The van der Waals surface area contributed by atoms with E-state index in [1.54, 1.807) is 0 Å². The first-order chi connectivity index (χ1) is 16.1. The van der Waals surface area contributed by atoms with Crippen LogP contribution in [0.15, 0.2) is 97.1 Å². The summed E-state index contributed by atoms with van der Waals surface area (Å²) in [5.74, 6) is 0. The molecule has 2 aliphatic rings. The number of hydrogen-bond acceptors (Lipinski definition) is 6. The minimum Gasteiger partial charge on any atom is -0.399 e. The molecule has 8 N–H and O–H groups in total. The molecule has 0 spiro atoms. The summed E-state index contributed by atoms with van der Waals surface area (Å²) in [4.78, 5) is 0. The molecule has 164 valence electrons. The maximum absolute atomic E-state index is 6.03. The number of hydrogen-bond donors (Lipinski definition) is 6. The van der Waals surface area contributed by atoms with Crippen molar-refractivity contribution < 1.29 is 0 Å². The minimum atomic E-state index is -0.583. The van der Waals surface area contributed by atoms with E-state index in [1.807, 2.05) is 48.5 Å². The molecule has 0 fully saturated rings. The van der Waals surface area contributed by atoms with E-state index in [-0.39, 0.29) is 0 Å². The van der Waals surface area contributed by atoms with Gasteiger partial charge in [-0.05, 0) is 59.7 Å². The highest BCUT2D eigenvalue weighted by atomic mass is 15.3. The standard InChI is InChI=1S/C27H26N6/c28-20-13-9-18(10-14-20)26(30-22-5-1-2-6-23(22)31-26)17-27(19-11-15-21(29)16-12-19)32-24-7-3-4-8-25(24)33-27/h1-16,30-33H,17,28-29H2. The Hall–Kier alpha value is -4.32. The van der Waals surface area contributed by atoms with Gasteiger partial charge in [0, 0.05) is 17.8 Å². The van der Waals surface area contributed by atoms with E-state index in [0.29, 0.717) is 6.42 Å². The van der Waals surface area contributed by atoms with Gasteiger partial charge < -0.3 is 32.7 Å². The fourth-order valence-corrected chi connectivity index (χ4v) is 4.99. The first kappa shape index (κ1) is 19.4. The van der Waals surface area contributed by atoms with Gasteiger partial charge in [0.1, 0.15) is 11.3 Å². The molecule has 2 aliphatic heterocycles. The van der Waals surface area contributed by atoms with Gasteiger partial charge in [0.25, 0.3) is 0 Å². The first-order valence-corrected chi connectivity index (χ1v) is 11.1. The molecule has 4 aromatic rings. The number of nitrogens with two attached hydrogens (primary N) is 2. The number of anilines is 6. The topological polar surface area (TPSA) is 100 Å². The molecule has 6 nitrogen and oxygen atoms in total. The predicted molar refractivity (Wildman–Crippen MR) is 137 cm³/mol. The third kappa shape index (κ3) is 3.19. The maximum atomic E-state index is 6.03. The number of fused-ring (bicyclic) bond motifs is 2. The van der Waals surface area contributed by atoms with Crippen LogP contribution in [-0.2, 0) is 11.3 Å². The monoisotopic (exact) mass is 434 g/mol. The van der Waals surface area contributed by atoms with Gasteiger partial charge >= 0.3 is 0 Å². The molecule has 6 heteroatoms. The number of rotatable bonds is 4.